The maximum absolute atomic E-state index is 4.33. The van der Waals surface area contributed by atoms with Crippen LogP contribution in [0.3, 0.4) is 0 Å². The zero-order chi connectivity index (χ0) is 9.05. The largest absolute Gasteiger partial charge is 0.355 e. The normalized spacial score (nSPS) is 55.4. The van der Waals surface area contributed by atoms with Gasteiger partial charge >= 0.3 is 0 Å². The summed E-state index contributed by atoms with van der Waals surface area (Å²) in [6, 6.07) is 0.695. The molecule has 4 bridgehead atoms. The average molecular weight is 180 g/mol. The standard InChI is InChI=1S/C12H21N/c1-8(13)12-5-9-2-10(6-12)4-11(3-9)7-12/h8-11H,2-7,13H2,1H3/p+1. The van der Waals surface area contributed by atoms with E-state index in [0.29, 0.717) is 11.5 Å². The summed E-state index contributed by atoms with van der Waals surface area (Å²) in [5.41, 5.74) is 5.02. The number of hydrogen-bond acceptors (Lipinski definition) is 0. The molecule has 0 heterocycles. The Kier molecular flexibility index (Phi) is 1.59. The molecule has 3 N–H and O–H groups in total. The van der Waals surface area contributed by atoms with E-state index in [1.54, 1.807) is 19.3 Å². The molecule has 4 aliphatic carbocycles. The first-order valence-corrected chi connectivity index (χ1v) is 6.01. The van der Waals surface area contributed by atoms with Crippen molar-refractivity contribution in [3.63, 3.8) is 0 Å². The minimum atomic E-state index is 0.689. The van der Waals surface area contributed by atoms with Gasteiger partial charge in [0.15, 0.2) is 0 Å². The van der Waals surface area contributed by atoms with Gasteiger partial charge in [0, 0.05) is 5.41 Å². The van der Waals surface area contributed by atoms with Gasteiger partial charge in [-0.05, 0) is 63.2 Å². The molecule has 0 aromatic carbocycles. The van der Waals surface area contributed by atoms with Gasteiger partial charge in [-0.1, -0.05) is 0 Å². The molecule has 4 aliphatic rings. The van der Waals surface area contributed by atoms with Crippen LogP contribution in [0, 0.1) is 23.2 Å². The van der Waals surface area contributed by atoms with E-state index in [1.165, 1.54) is 19.3 Å². The van der Waals surface area contributed by atoms with E-state index in [4.69, 9.17) is 0 Å². The third-order valence-corrected chi connectivity index (χ3v) is 5.13. The highest BCUT2D eigenvalue weighted by Gasteiger charge is 2.53. The lowest BCUT2D eigenvalue weighted by Gasteiger charge is -2.57. The van der Waals surface area contributed by atoms with Gasteiger partial charge in [-0.25, -0.2) is 0 Å². The lowest BCUT2D eigenvalue weighted by Crippen LogP contribution is -2.70. The molecule has 1 nitrogen and oxygen atoms in total. The Bertz CT molecular complexity index is 184. The van der Waals surface area contributed by atoms with Gasteiger partial charge in [-0.15, -0.1) is 0 Å². The van der Waals surface area contributed by atoms with Crippen molar-refractivity contribution >= 4 is 0 Å². The highest BCUT2D eigenvalue weighted by atomic mass is 14.7. The van der Waals surface area contributed by atoms with Crippen molar-refractivity contribution in [3.05, 3.63) is 0 Å². The zero-order valence-corrected chi connectivity index (χ0v) is 8.76. The summed E-state index contributed by atoms with van der Waals surface area (Å²) in [5, 5.41) is 0. The van der Waals surface area contributed by atoms with Gasteiger partial charge < -0.3 is 5.73 Å². The summed E-state index contributed by atoms with van der Waals surface area (Å²) in [6.07, 6.45) is 9.24. The molecule has 0 aliphatic heterocycles. The van der Waals surface area contributed by atoms with Gasteiger partial charge in [-0.3, -0.25) is 0 Å². The van der Waals surface area contributed by atoms with Crippen molar-refractivity contribution in [2.75, 3.05) is 0 Å². The van der Waals surface area contributed by atoms with Gasteiger partial charge in [-0.2, -0.15) is 0 Å². The second-order valence-electron chi connectivity index (χ2n) is 6.18. The first-order chi connectivity index (χ1) is 6.18. The minimum absolute atomic E-state index is 0.689. The highest BCUT2D eigenvalue weighted by molar-refractivity contribution is 5.02. The summed E-state index contributed by atoms with van der Waals surface area (Å²) >= 11 is 0. The Morgan fingerprint density at radius 1 is 1.00 bits per heavy atom. The van der Waals surface area contributed by atoms with Gasteiger partial charge in [0.05, 0.1) is 6.04 Å². The summed E-state index contributed by atoms with van der Waals surface area (Å²) in [5.74, 6) is 3.28. The van der Waals surface area contributed by atoms with E-state index in [-0.39, 0.29) is 0 Å². The molecule has 74 valence electrons. The SMILES string of the molecule is CC([NH3+])C12CC3CC(CC(C3)C1)C2. The van der Waals surface area contributed by atoms with E-state index < -0.39 is 0 Å². The van der Waals surface area contributed by atoms with E-state index in [0.717, 1.165) is 17.8 Å². The van der Waals surface area contributed by atoms with Crippen LogP contribution in [0.25, 0.3) is 0 Å². The molecule has 0 radical (unpaired) electrons. The number of rotatable bonds is 1. The molecule has 0 saturated heterocycles. The molecule has 4 fully saturated rings. The van der Waals surface area contributed by atoms with Crippen LogP contribution in [0.15, 0.2) is 0 Å². The van der Waals surface area contributed by atoms with E-state index in [1.807, 2.05) is 0 Å². The maximum atomic E-state index is 4.33. The van der Waals surface area contributed by atoms with Crippen LogP contribution < -0.4 is 5.73 Å². The molecular weight excluding hydrogens is 158 g/mol. The van der Waals surface area contributed by atoms with Crippen LogP contribution in [0.5, 0.6) is 0 Å². The van der Waals surface area contributed by atoms with Crippen LogP contribution >= 0.6 is 0 Å². The zero-order valence-electron chi connectivity index (χ0n) is 8.76. The molecular formula is C12H22N+. The van der Waals surface area contributed by atoms with Crippen LogP contribution in [0.1, 0.15) is 45.4 Å². The Morgan fingerprint density at radius 2 is 1.38 bits per heavy atom. The quantitative estimate of drug-likeness (QED) is 0.637. The molecule has 0 aromatic heterocycles. The first-order valence-electron chi connectivity index (χ1n) is 6.01. The first kappa shape index (κ1) is 8.28. The second-order valence-corrected chi connectivity index (χ2v) is 6.18. The Labute approximate surface area is 81.1 Å². The fourth-order valence-corrected chi connectivity index (χ4v) is 4.78. The highest BCUT2D eigenvalue weighted by Crippen LogP contribution is 2.60. The van der Waals surface area contributed by atoms with Gasteiger partial charge in [0.1, 0.15) is 0 Å². The third kappa shape index (κ3) is 1.09. The molecule has 0 aromatic rings. The van der Waals surface area contributed by atoms with E-state index in [9.17, 15) is 0 Å². The van der Waals surface area contributed by atoms with Crippen LogP contribution in [-0.4, -0.2) is 6.04 Å². The van der Waals surface area contributed by atoms with Crippen molar-refractivity contribution in [1.82, 2.24) is 0 Å². The Hall–Kier alpha value is -0.0400. The van der Waals surface area contributed by atoms with Crippen molar-refractivity contribution in [1.29, 1.82) is 0 Å². The summed E-state index contributed by atoms with van der Waals surface area (Å²) < 4.78 is 0. The van der Waals surface area contributed by atoms with Crippen molar-refractivity contribution < 1.29 is 5.73 Å². The van der Waals surface area contributed by atoms with Crippen molar-refractivity contribution in [3.8, 4) is 0 Å². The molecule has 0 amide bonds. The molecule has 4 rings (SSSR count). The minimum Gasteiger partial charge on any atom is -0.355 e. The lowest BCUT2D eigenvalue weighted by atomic mass is 9.48. The van der Waals surface area contributed by atoms with Gasteiger partial charge in [0.2, 0.25) is 0 Å². The monoisotopic (exact) mass is 180 g/mol. The van der Waals surface area contributed by atoms with Crippen molar-refractivity contribution in [2.45, 2.75) is 51.5 Å². The summed E-state index contributed by atoms with van der Waals surface area (Å²) in [6.45, 7) is 2.35. The number of quaternary nitrogens is 1. The van der Waals surface area contributed by atoms with Crippen LogP contribution in [0.4, 0.5) is 0 Å². The summed E-state index contributed by atoms with van der Waals surface area (Å²) in [4.78, 5) is 0. The van der Waals surface area contributed by atoms with E-state index in [2.05, 4.69) is 12.7 Å². The predicted octanol–water partition coefficient (Wildman–Crippen LogP) is 1.83. The topological polar surface area (TPSA) is 27.6 Å². The summed E-state index contributed by atoms with van der Waals surface area (Å²) in [7, 11) is 0. The lowest BCUT2D eigenvalue weighted by molar-refractivity contribution is -0.451. The average Bonchev–Trinajstić information content (AvgIpc) is 2.00. The fourth-order valence-electron chi connectivity index (χ4n) is 4.78. The van der Waals surface area contributed by atoms with E-state index >= 15 is 0 Å². The molecule has 1 atom stereocenters. The fraction of sp³-hybridized carbons (Fsp3) is 1.00. The predicted molar refractivity (Wildman–Crippen MR) is 53.0 cm³/mol. The number of hydrogen-bond donors (Lipinski definition) is 1. The molecule has 1 unspecified atom stereocenters. The second kappa shape index (κ2) is 2.50. The third-order valence-electron chi connectivity index (χ3n) is 5.13. The molecule has 13 heavy (non-hydrogen) atoms. The maximum Gasteiger partial charge on any atom is 0.0872 e. The Morgan fingerprint density at radius 3 is 1.69 bits per heavy atom. The Balaban J connectivity index is 1.91. The van der Waals surface area contributed by atoms with Crippen LogP contribution in [-0.2, 0) is 0 Å². The van der Waals surface area contributed by atoms with Crippen molar-refractivity contribution in [2.24, 2.45) is 23.2 Å². The molecule has 4 saturated carbocycles. The molecule has 1 heteroatoms. The van der Waals surface area contributed by atoms with Gasteiger partial charge in [0.25, 0.3) is 0 Å². The molecule has 0 spiro atoms. The van der Waals surface area contributed by atoms with Crippen LogP contribution in [0.2, 0.25) is 0 Å². The smallest absolute Gasteiger partial charge is 0.0872 e.